The van der Waals surface area contributed by atoms with Gasteiger partial charge in [0.15, 0.2) is 0 Å². The van der Waals surface area contributed by atoms with Gasteiger partial charge in [-0.15, -0.1) is 0 Å². The molecule has 1 aromatic carbocycles. The van der Waals surface area contributed by atoms with Gasteiger partial charge in [0.2, 0.25) is 5.91 Å². The summed E-state index contributed by atoms with van der Waals surface area (Å²) in [5.74, 6) is 0.178. The van der Waals surface area contributed by atoms with Gasteiger partial charge in [-0.1, -0.05) is 23.7 Å². The van der Waals surface area contributed by atoms with E-state index in [0.29, 0.717) is 11.4 Å². The first-order chi connectivity index (χ1) is 7.75. The summed E-state index contributed by atoms with van der Waals surface area (Å²) in [6.07, 6.45) is 0.456. The topological polar surface area (TPSA) is 34.4 Å². The van der Waals surface area contributed by atoms with Crippen molar-refractivity contribution < 1.29 is 4.79 Å². The molecule has 1 aliphatic heterocycles. The number of carbonyl (C=O) groups is 1. The quantitative estimate of drug-likeness (QED) is 0.764. The second-order valence-corrected chi connectivity index (χ2v) is 4.29. The zero-order valence-electron chi connectivity index (χ0n) is 9.03. The molecule has 16 heavy (non-hydrogen) atoms. The highest BCUT2D eigenvalue weighted by Crippen LogP contribution is 2.11. The Morgan fingerprint density at radius 3 is 2.50 bits per heavy atom. The number of piperazine rings is 1. The van der Waals surface area contributed by atoms with Crippen molar-refractivity contribution in [2.75, 3.05) is 26.2 Å². The lowest BCUT2D eigenvalue weighted by Gasteiger charge is -2.26. The van der Waals surface area contributed by atoms with E-state index in [1.54, 1.807) is 0 Å². The van der Waals surface area contributed by atoms with Crippen LogP contribution in [0.5, 0.6) is 0 Å². The van der Waals surface area contributed by atoms with Crippen molar-refractivity contribution in [2.24, 2.45) is 0 Å². The molecule has 3 nitrogen and oxygen atoms in total. The van der Waals surface area contributed by atoms with Gasteiger partial charge in [-0.05, 0) is 17.7 Å². The van der Waals surface area contributed by atoms with Crippen LogP contribution in [0.4, 0.5) is 0 Å². The molecule has 1 saturated heterocycles. The van der Waals surface area contributed by atoms with Crippen LogP contribution < -0.4 is 5.32 Å². The molecule has 0 spiro atoms. The standard InChI is InChI=1S/C12H14ClN2O/c13-11-3-1-10(2-4-11)9-12(16)15-7-5-14-6-8-15/h1-4H,5-9H2. The lowest BCUT2D eigenvalue weighted by atomic mass is 10.1. The fourth-order valence-corrected chi connectivity index (χ4v) is 1.87. The molecule has 2 rings (SSSR count). The largest absolute Gasteiger partial charge is 0.340 e. The van der Waals surface area contributed by atoms with Crippen LogP contribution in [0.25, 0.3) is 0 Å². The molecular formula is C12H14ClN2O. The van der Waals surface area contributed by atoms with Gasteiger partial charge in [0.1, 0.15) is 0 Å². The van der Waals surface area contributed by atoms with Crippen molar-refractivity contribution in [3.05, 3.63) is 34.9 Å². The average molecular weight is 238 g/mol. The summed E-state index contributed by atoms with van der Waals surface area (Å²) in [7, 11) is 0. The Morgan fingerprint density at radius 1 is 1.25 bits per heavy atom. The number of hydrogen-bond donors (Lipinski definition) is 0. The molecule has 4 heteroatoms. The molecule has 0 unspecified atom stereocenters. The molecular weight excluding hydrogens is 224 g/mol. The van der Waals surface area contributed by atoms with E-state index in [-0.39, 0.29) is 5.91 Å². The molecule has 1 aliphatic rings. The second-order valence-electron chi connectivity index (χ2n) is 3.85. The SMILES string of the molecule is O=C(Cc1ccc(Cl)cc1)N1CC[N]CC1. The van der Waals surface area contributed by atoms with Crippen molar-refractivity contribution in [2.45, 2.75) is 6.42 Å². The molecule has 0 aromatic heterocycles. The summed E-state index contributed by atoms with van der Waals surface area (Å²) in [4.78, 5) is 13.8. The van der Waals surface area contributed by atoms with E-state index in [9.17, 15) is 4.79 Å². The van der Waals surface area contributed by atoms with Crippen molar-refractivity contribution in [3.8, 4) is 0 Å². The second kappa shape index (κ2) is 5.32. The van der Waals surface area contributed by atoms with E-state index in [2.05, 4.69) is 5.32 Å². The number of halogens is 1. The lowest BCUT2D eigenvalue weighted by molar-refractivity contribution is -0.131. The molecule has 1 heterocycles. The zero-order valence-corrected chi connectivity index (χ0v) is 9.78. The van der Waals surface area contributed by atoms with E-state index in [4.69, 9.17) is 11.6 Å². The number of benzene rings is 1. The Hall–Kier alpha value is -1.06. The van der Waals surface area contributed by atoms with Crippen LogP contribution in [0.1, 0.15) is 5.56 Å². The van der Waals surface area contributed by atoms with Gasteiger partial charge in [0, 0.05) is 31.2 Å². The van der Waals surface area contributed by atoms with Crippen molar-refractivity contribution in [3.63, 3.8) is 0 Å². The highest BCUT2D eigenvalue weighted by molar-refractivity contribution is 6.30. The van der Waals surface area contributed by atoms with E-state index < -0.39 is 0 Å². The molecule has 1 radical (unpaired) electrons. The summed E-state index contributed by atoms with van der Waals surface area (Å²) in [6, 6.07) is 7.43. The number of carbonyl (C=O) groups excluding carboxylic acids is 1. The lowest BCUT2D eigenvalue weighted by Crippen LogP contribution is -2.44. The fourth-order valence-electron chi connectivity index (χ4n) is 1.74. The summed E-state index contributed by atoms with van der Waals surface area (Å²) in [5, 5.41) is 4.92. The van der Waals surface area contributed by atoms with Crippen LogP contribution in [0.15, 0.2) is 24.3 Å². The molecule has 0 saturated carbocycles. The van der Waals surface area contributed by atoms with Crippen molar-refractivity contribution in [1.82, 2.24) is 10.2 Å². The van der Waals surface area contributed by atoms with Gasteiger partial charge in [-0.3, -0.25) is 4.79 Å². The van der Waals surface area contributed by atoms with Gasteiger partial charge < -0.3 is 4.90 Å². The highest BCUT2D eigenvalue weighted by atomic mass is 35.5. The van der Waals surface area contributed by atoms with Gasteiger partial charge in [0.05, 0.1) is 6.42 Å². The van der Waals surface area contributed by atoms with Gasteiger partial charge in [-0.2, -0.15) is 0 Å². The number of nitrogens with zero attached hydrogens (tertiary/aromatic N) is 2. The molecule has 0 bridgehead atoms. The molecule has 0 atom stereocenters. The molecule has 1 fully saturated rings. The first-order valence-corrected chi connectivity index (χ1v) is 5.79. The third kappa shape index (κ3) is 2.97. The first kappa shape index (κ1) is 11.4. The van der Waals surface area contributed by atoms with Crippen LogP contribution in [0, 0.1) is 0 Å². The smallest absolute Gasteiger partial charge is 0.227 e. The Labute approximate surface area is 100 Å². The molecule has 0 N–H and O–H groups in total. The zero-order chi connectivity index (χ0) is 11.4. The van der Waals surface area contributed by atoms with Crippen molar-refractivity contribution in [1.29, 1.82) is 0 Å². The van der Waals surface area contributed by atoms with E-state index >= 15 is 0 Å². The summed E-state index contributed by atoms with van der Waals surface area (Å²) in [5.41, 5.74) is 1.01. The van der Waals surface area contributed by atoms with Crippen molar-refractivity contribution >= 4 is 17.5 Å². The molecule has 1 amide bonds. The maximum atomic E-state index is 11.9. The van der Waals surface area contributed by atoms with Crippen LogP contribution in [0.2, 0.25) is 5.02 Å². The maximum absolute atomic E-state index is 11.9. The van der Waals surface area contributed by atoms with Gasteiger partial charge in [-0.25, -0.2) is 5.32 Å². The minimum Gasteiger partial charge on any atom is -0.340 e. The van der Waals surface area contributed by atoms with Gasteiger partial charge in [0.25, 0.3) is 0 Å². The van der Waals surface area contributed by atoms with E-state index in [1.807, 2.05) is 29.2 Å². The first-order valence-electron chi connectivity index (χ1n) is 5.41. The molecule has 85 valence electrons. The predicted molar refractivity (Wildman–Crippen MR) is 63.6 cm³/mol. The van der Waals surface area contributed by atoms with Gasteiger partial charge >= 0.3 is 0 Å². The normalized spacial score (nSPS) is 16.2. The van der Waals surface area contributed by atoms with Crippen LogP contribution >= 0.6 is 11.6 Å². The Bertz CT molecular complexity index is 358. The minimum atomic E-state index is 0.178. The predicted octanol–water partition coefficient (Wildman–Crippen LogP) is 1.33. The number of amides is 1. The summed E-state index contributed by atoms with van der Waals surface area (Å²) >= 11 is 5.79. The summed E-state index contributed by atoms with van der Waals surface area (Å²) in [6.45, 7) is 3.05. The van der Waals surface area contributed by atoms with E-state index in [1.165, 1.54) is 0 Å². The van der Waals surface area contributed by atoms with Crippen LogP contribution in [-0.2, 0) is 11.2 Å². The molecule has 0 aliphatic carbocycles. The molecule has 1 aromatic rings. The Balaban J connectivity index is 1.93. The maximum Gasteiger partial charge on any atom is 0.227 e. The average Bonchev–Trinajstić information content (AvgIpc) is 2.33. The fraction of sp³-hybridized carbons (Fsp3) is 0.417. The number of hydrogen-bond acceptors (Lipinski definition) is 1. The summed E-state index contributed by atoms with van der Waals surface area (Å²) < 4.78 is 0. The Morgan fingerprint density at radius 2 is 1.88 bits per heavy atom. The third-order valence-corrected chi connectivity index (χ3v) is 2.93. The van der Waals surface area contributed by atoms with E-state index in [0.717, 1.165) is 31.7 Å². The Kier molecular flexibility index (Phi) is 3.80. The third-order valence-electron chi connectivity index (χ3n) is 2.68. The number of rotatable bonds is 2. The highest BCUT2D eigenvalue weighted by Gasteiger charge is 2.16. The van der Waals surface area contributed by atoms with Crippen LogP contribution in [-0.4, -0.2) is 37.0 Å². The van der Waals surface area contributed by atoms with Crippen LogP contribution in [0.3, 0.4) is 0 Å². The minimum absolute atomic E-state index is 0.178. The monoisotopic (exact) mass is 237 g/mol.